The van der Waals surface area contributed by atoms with Gasteiger partial charge in [0, 0.05) is 31.1 Å². The molecule has 0 aromatic heterocycles. The smallest absolute Gasteiger partial charge is 0.225 e. The van der Waals surface area contributed by atoms with Crippen LogP contribution in [0.15, 0.2) is 0 Å². The predicted molar refractivity (Wildman–Crippen MR) is 106 cm³/mol. The Morgan fingerprint density at radius 3 is 2.12 bits per heavy atom. The largest absolute Gasteiger partial charge is 0.341 e. The molecule has 4 rings (SSSR count). The first-order valence-corrected chi connectivity index (χ1v) is 10.0. The van der Waals surface area contributed by atoms with Crippen molar-refractivity contribution in [2.24, 2.45) is 23.5 Å². The Labute approximate surface area is 165 Å². The second-order valence-electron chi connectivity index (χ2n) is 8.52. The molecule has 2 saturated carbocycles. The molecule has 4 fully saturated rings. The number of carbonyl (C=O) groups excluding carboxylic acids is 1. The summed E-state index contributed by atoms with van der Waals surface area (Å²) in [5, 5.41) is 0. The van der Waals surface area contributed by atoms with Gasteiger partial charge in [-0.05, 0) is 76.3 Å². The Hall–Kier alpha value is -0.0300. The van der Waals surface area contributed by atoms with Crippen LogP contribution in [-0.4, -0.2) is 54.0 Å². The van der Waals surface area contributed by atoms with Gasteiger partial charge >= 0.3 is 0 Å². The fourth-order valence-electron chi connectivity index (χ4n) is 5.81. The van der Waals surface area contributed by atoms with Crippen molar-refractivity contribution in [3.63, 3.8) is 0 Å². The van der Waals surface area contributed by atoms with Gasteiger partial charge in [0.25, 0.3) is 0 Å². The van der Waals surface area contributed by atoms with E-state index in [-0.39, 0.29) is 30.7 Å². The summed E-state index contributed by atoms with van der Waals surface area (Å²) in [5.41, 5.74) is 6.40. The van der Waals surface area contributed by atoms with E-state index in [0.29, 0.717) is 29.8 Å². The molecule has 2 heterocycles. The first kappa shape index (κ1) is 21.3. The predicted octanol–water partition coefficient (Wildman–Crippen LogP) is 3.07. The maximum absolute atomic E-state index is 13.1. The number of rotatable bonds is 2. The molecule has 2 N–H and O–H groups in total. The van der Waals surface area contributed by atoms with E-state index < -0.39 is 0 Å². The lowest BCUT2D eigenvalue weighted by Crippen LogP contribution is -2.53. The van der Waals surface area contributed by atoms with Crippen LogP contribution in [0.5, 0.6) is 0 Å². The van der Waals surface area contributed by atoms with Crippen LogP contribution in [0.2, 0.25) is 0 Å². The van der Waals surface area contributed by atoms with Crippen LogP contribution >= 0.6 is 24.8 Å². The van der Waals surface area contributed by atoms with E-state index in [9.17, 15) is 4.79 Å². The summed E-state index contributed by atoms with van der Waals surface area (Å²) >= 11 is 0. The van der Waals surface area contributed by atoms with Crippen molar-refractivity contribution >= 4 is 30.7 Å². The van der Waals surface area contributed by atoms with Crippen molar-refractivity contribution in [2.75, 3.05) is 26.2 Å². The zero-order valence-electron chi connectivity index (χ0n) is 15.3. The van der Waals surface area contributed by atoms with Gasteiger partial charge in [0.05, 0.1) is 0 Å². The second-order valence-corrected chi connectivity index (χ2v) is 8.52. The van der Waals surface area contributed by atoms with Crippen LogP contribution in [0.4, 0.5) is 0 Å². The molecule has 25 heavy (non-hydrogen) atoms. The van der Waals surface area contributed by atoms with Gasteiger partial charge in [0.2, 0.25) is 5.91 Å². The molecule has 0 radical (unpaired) electrons. The molecule has 2 aliphatic carbocycles. The molecule has 2 bridgehead atoms. The molecule has 3 atom stereocenters. The van der Waals surface area contributed by atoms with Gasteiger partial charge in [-0.1, -0.05) is 6.42 Å². The molecule has 2 saturated heterocycles. The molecule has 6 heteroatoms. The average Bonchev–Trinajstić information content (AvgIpc) is 3.08. The molecule has 1 amide bonds. The molecule has 0 spiro atoms. The Balaban J connectivity index is 0.00000113. The van der Waals surface area contributed by atoms with E-state index in [4.69, 9.17) is 5.73 Å². The minimum Gasteiger partial charge on any atom is -0.341 e. The molecule has 0 aromatic rings. The number of carbonyl (C=O) groups is 1. The number of amides is 1. The molecule has 4 aliphatic rings. The number of hydrogen-bond donors (Lipinski definition) is 1. The SMILES string of the molecule is Cl.Cl.NC1C2CCCC1CC(C(=O)N1CCCC(N3CCCC3)C1)C2. The second kappa shape index (κ2) is 9.25. The topological polar surface area (TPSA) is 49.6 Å². The molecule has 4 nitrogen and oxygen atoms in total. The fourth-order valence-corrected chi connectivity index (χ4v) is 5.81. The van der Waals surface area contributed by atoms with E-state index in [1.807, 2.05) is 0 Å². The quantitative estimate of drug-likeness (QED) is 0.786. The number of hydrogen-bond acceptors (Lipinski definition) is 3. The lowest BCUT2D eigenvalue weighted by Gasteiger charge is -2.45. The van der Waals surface area contributed by atoms with Crippen LogP contribution in [-0.2, 0) is 4.79 Å². The zero-order chi connectivity index (χ0) is 15.8. The maximum Gasteiger partial charge on any atom is 0.225 e. The normalized spacial score (nSPS) is 38.6. The summed E-state index contributed by atoms with van der Waals surface area (Å²) < 4.78 is 0. The summed E-state index contributed by atoms with van der Waals surface area (Å²) in [6.07, 6.45) is 11.1. The van der Waals surface area contributed by atoms with Gasteiger partial charge in [-0.15, -0.1) is 24.8 Å². The third-order valence-corrected chi connectivity index (χ3v) is 7.13. The summed E-state index contributed by atoms with van der Waals surface area (Å²) in [7, 11) is 0. The van der Waals surface area contributed by atoms with Gasteiger partial charge < -0.3 is 10.6 Å². The summed E-state index contributed by atoms with van der Waals surface area (Å²) in [6, 6.07) is 0.993. The van der Waals surface area contributed by atoms with E-state index in [0.717, 1.165) is 25.9 Å². The maximum atomic E-state index is 13.1. The Morgan fingerprint density at radius 2 is 1.48 bits per heavy atom. The highest BCUT2D eigenvalue weighted by Gasteiger charge is 2.42. The number of piperidine rings is 1. The number of fused-ring (bicyclic) bond motifs is 2. The van der Waals surface area contributed by atoms with Gasteiger partial charge in [-0.25, -0.2) is 0 Å². The van der Waals surface area contributed by atoms with Crippen molar-refractivity contribution in [1.29, 1.82) is 0 Å². The van der Waals surface area contributed by atoms with Gasteiger partial charge in [-0.3, -0.25) is 9.69 Å². The first-order chi connectivity index (χ1) is 11.2. The summed E-state index contributed by atoms with van der Waals surface area (Å²) in [4.78, 5) is 18.0. The van der Waals surface area contributed by atoms with Gasteiger partial charge in [0.1, 0.15) is 0 Å². The van der Waals surface area contributed by atoms with Crippen LogP contribution in [0, 0.1) is 17.8 Å². The van der Waals surface area contributed by atoms with E-state index in [1.54, 1.807) is 0 Å². The van der Waals surface area contributed by atoms with Crippen LogP contribution in [0.3, 0.4) is 0 Å². The van der Waals surface area contributed by atoms with Crippen molar-refractivity contribution in [2.45, 2.75) is 69.9 Å². The standard InChI is InChI=1S/C19H33N3O.2ClH/c20-18-14-5-3-6-15(18)12-16(11-14)19(23)22-10-4-7-17(13-22)21-8-1-2-9-21;;/h14-18H,1-13,20H2;2*1H. The average molecular weight is 392 g/mol. The molecular formula is C19H35Cl2N3O. The minimum absolute atomic E-state index is 0. The first-order valence-electron chi connectivity index (χ1n) is 10.0. The highest BCUT2D eigenvalue weighted by molar-refractivity contribution is 5.85. The highest BCUT2D eigenvalue weighted by Crippen LogP contribution is 2.42. The van der Waals surface area contributed by atoms with Crippen molar-refractivity contribution < 1.29 is 4.79 Å². The lowest BCUT2D eigenvalue weighted by atomic mass is 9.65. The Bertz CT molecular complexity index is 430. The van der Waals surface area contributed by atoms with Crippen molar-refractivity contribution in [3.05, 3.63) is 0 Å². The van der Waals surface area contributed by atoms with Crippen molar-refractivity contribution in [3.8, 4) is 0 Å². The minimum atomic E-state index is 0. The monoisotopic (exact) mass is 391 g/mol. The third-order valence-electron chi connectivity index (χ3n) is 7.13. The zero-order valence-corrected chi connectivity index (χ0v) is 16.9. The lowest BCUT2D eigenvalue weighted by molar-refractivity contribution is -0.140. The molecular weight excluding hydrogens is 357 g/mol. The number of nitrogens with zero attached hydrogens (tertiary/aromatic N) is 2. The number of nitrogens with two attached hydrogens (primary N) is 1. The molecule has 3 unspecified atom stereocenters. The molecule has 2 aliphatic heterocycles. The van der Waals surface area contributed by atoms with Crippen LogP contribution < -0.4 is 5.73 Å². The van der Waals surface area contributed by atoms with Gasteiger partial charge in [0.15, 0.2) is 0 Å². The van der Waals surface area contributed by atoms with E-state index >= 15 is 0 Å². The Kier molecular flexibility index (Phi) is 7.87. The highest BCUT2D eigenvalue weighted by atomic mass is 35.5. The van der Waals surface area contributed by atoms with Crippen LogP contribution in [0.1, 0.15) is 57.8 Å². The summed E-state index contributed by atoms with van der Waals surface area (Å²) in [5.74, 6) is 1.94. The van der Waals surface area contributed by atoms with E-state index in [1.165, 1.54) is 58.0 Å². The van der Waals surface area contributed by atoms with E-state index in [2.05, 4.69) is 9.80 Å². The fraction of sp³-hybridized carbons (Fsp3) is 0.947. The third kappa shape index (κ3) is 4.45. The molecule has 0 aromatic carbocycles. The Morgan fingerprint density at radius 1 is 0.840 bits per heavy atom. The number of halogens is 2. The molecule has 146 valence electrons. The number of likely N-dealkylation sites (tertiary alicyclic amines) is 2. The van der Waals surface area contributed by atoms with Gasteiger partial charge in [-0.2, -0.15) is 0 Å². The summed E-state index contributed by atoms with van der Waals surface area (Å²) in [6.45, 7) is 4.46. The van der Waals surface area contributed by atoms with Crippen LogP contribution in [0.25, 0.3) is 0 Å². The van der Waals surface area contributed by atoms with Crippen molar-refractivity contribution in [1.82, 2.24) is 9.80 Å².